The SMILES string of the molecule is Cc1cn(C)nc1[C@H](Nc1c(Nc2ccnc(C(=O)N(C)C)c2OCOP(C)(=O)O)c(=O)c1=O)C1(C)CCCC1. The van der Waals surface area contributed by atoms with Crippen molar-refractivity contribution in [2.75, 3.05) is 38.2 Å². The first-order valence-electron chi connectivity index (χ1n) is 12.9. The van der Waals surface area contributed by atoms with Gasteiger partial charge in [0.2, 0.25) is 0 Å². The number of pyridine rings is 1. The molecule has 13 nitrogen and oxygen atoms in total. The molecule has 3 aromatic rings. The lowest BCUT2D eigenvalue weighted by molar-refractivity contribution is 0.0800. The van der Waals surface area contributed by atoms with Crippen LogP contribution in [0.1, 0.15) is 60.4 Å². The van der Waals surface area contributed by atoms with Gasteiger partial charge in [-0.2, -0.15) is 5.10 Å². The molecule has 3 N–H and O–H groups in total. The maximum Gasteiger partial charge on any atom is 0.327 e. The lowest BCUT2D eigenvalue weighted by Crippen LogP contribution is -2.40. The van der Waals surface area contributed by atoms with Gasteiger partial charge < -0.3 is 25.2 Å². The van der Waals surface area contributed by atoms with Crippen LogP contribution in [-0.2, 0) is 16.1 Å². The van der Waals surface area contributed by atoms with Crippen LogP contribution in [0.5, 0.6) is 5.75 Å². The standard InChI is InChI=1S/C26H35N6O7P/c1-15-13-32(5)30-17(15)24(26(2)10-7-8-11-26)29-19-18(21(33)22(19)34)28-16-9-12-27-20(25(35)31(3)4)23(16)38-14-39-40(6,36)37/h9,12-13,24,29H,7-8,10-11,14H2,1-6H3,(H,27,28)(H,36,37)/t24-/m0/s1. The lowest BCUT2D eigenvalue weighted by atomic mass is 9.78. The second-order valence-corrected chi connectivity index (χ2v) is 12.6. The third-order valence-corrected chi connectivity index (χ3v) is 7.82. The Morgan fingerprint density at radius 2 is 1.90 bits per heavy atom. The molecule has 0 bridgehead atoms. The van der Waals surface area contributed by atoms with E-state index in [2.05, 4.69) is 27.6 Å². The fourth-order valence-electron chi connectivity index (χ4n) is 5.12. The molecule has 1 aromatic carbocycles. The topological polar surface area (TPSA) is 165 Å². The summed E-state index contributed by atoms with van der Waals surface area (Å²) < 4.78 is 23.7. The highest BCUT2D eigenvalue weighted by molar-refractivity contribution is 7.51. The van der Waals surface area contributed by atoms with Crippen molar-refractivity contribution in [1.82, 2.24) is 19.7 Å². The zero-order chi connectivity index (χ0) is 29.4. The van der Waals surface area contributed by atoms with E-state index in [0.29, 0.717) is 0 Å². The molecular weight excluding hydrogens is 539 g/mol. The normalized spacial score (nSPS) is 16.9. The zero-order valence-corrected chi connectivity index (χ0v) is 24.4. The number of anilines is 3. The van der Waals surface area contributed by atoms with Crippen LogP contribution in [0.3, 0.4) is 0 Å². The summed E-state index contributed by atoms with van der Waals surface area (Å²) in [7, 11) is 1.02. The van der Waals surface area contributed by atoms with E-state index in [1.807, 2.05) is 20.2 Å². The Labute approximate surface area is 231 Å². The maximum atomic E-state index is 12.9. The van der Waals surface area contributed by atoms with E-state index in [9.17, 15) is 23.8 Å². The van der Waals surface area contributed by atoms with Crippen LogP contribution >= 0.6 is 7.60 Å². The van der Waals surface area contributed by atoms with Gasteiger partial charge in [-0.25, -0.2) is 4.98 Å². The minimum absolute atomic E-state index is 0.00808. The van der Waals surface area contributed by atoms with E-state index in [1.54, 1.807) is 4.68 Å². The first-order chi connectivity index (χ1) is 18.7. The van der Waals surface area contributed by atoms with Crippen molar-refractivity contribution < 1.29 is 23.5 Å². The summed E-state index contributed by atoms with van der Waals surface area (Å²) in [6.07, 6.45) is 7.24. The van der Waals surface area contributed by atoms with Crippen LogP contribution in [-0.4, -0.2) is 58.0 Å². The van der Waals surface area contributed by atoms with Crippen LogP contribution in [0, 0.1) is 12.3 Å². The highest BCUT2D eigenvalue weighted by Crippen LogP contribution is 2.49. The number of hydrogen-bond donors (Lipinski definition) is 3. The fourth-order valence-corrected chi connectivity index (χ4v) is 5.37. The fraction of sp³-hybridized carbons (Fsp3) is 0.500. The Hall–Kier alpha value is -3.54. The van der Waals surface area contributed by atoms with E-state index in [4.69, 9.17) is 9.26 Å². The highest BCUT2D eigenvalue weighted by atomic mass is 31.2. The van der Waals surface area contributed by atoms with Gasteiger partial charge in [0.25, 0.3) is 16.8 Å². The van der Waals surface area contributed by atoms with Crippen molar-refractivity contribution in [3.8, 4) is 5.75 Å². The van der Waals surface area contributed by atoms with Gasteiger partial charge in [0, 0.05) is 40.2 Å². The average Bonchev–Trinajstić information content (AvgIpc) is 3.47. The van der Waals surface area contributed by atoms with Crippen molar-refractivity contribution in [2.45, 2.75) is 45.6 Å². The average molecular weight is 575 g/mol. The van der Waals surface area contributed by atoms with Crippen LogP contribution in [0.25, 0.3) is 0 Å². The van der Waals surface area contributed by atoms with Gasteiger partial charge in [0.15, 0.2) is 18.2 Å². The molecule has 0 radical (unpaired) electrons. The Morgan fingerprint density at radius 1 is 1.25 bits per heavy atom. The molecule has 2 heterocycles. The molecule has 1 amide bonds. The molecule has 216 valence electrons. The van der Waals surface area contributed by atoms with Gasteiger partial charge in [-0.15, -0.1) is 0 Å². The first kappa shape index (κ1) is 29.4. The number of aromatic nitrogens is 3. The molecule has 1 aliphatic rings. The Morgan fingerprint density at radius 3 is 2.48 bits per heavy atom. The molecule has 0 spiro atoms. The second kappa shape index (κ2) is 11.1. The van der Waals surface area contributed by atoms with Crippen molar-refractivity contribution in [1.29, 1.82) is 0 Å². The molecule has 0 aliphatic heterocycles. The van der Waals surface area contributed by atoms with Gasteiger partial charge in [0.05, 0.1) is 17.4 Å². The smallest absolute Gasteiger partial charge is 0.327 e. The molecule has 1 fully saturated rings. The third-order valence-electron chi connectivity index (χ3n) is 7.23. The minimum atomic E-state index is -3.88. The van der Waals surface area contributed by atoms with Crippen molar-refractivity contribution >= 4 is 30.6 Å². The number of rotatable bonds is 11. The van der Waals surface area contributed by atoms with Gasteiger partial charge in [0.1, 0.15) is 11.4 Å². The minimum Gasteiger partial charge on any atom is -0.462 e. The maximum absolute atomic E-state index is 12.9. The summed E-state index contributed by atoms with van der Waals surface area (Å²) in [5.74, 6) is -0.612. The predicted molar refractivity (Wildman–Crippen MR) is 150 cm³/mol. The van der Waals surface area contributed by atoms with E-state index in [0.717, 1.165) is 43.6 Å². The number of amides is 1. The van der Waals surface area contributed by atoms with Gasteiger partial charge >= 0.3 is 7.60 Å². The summed E-state index contributed by atoms with van der Waals surface area (Å²) in [4.78, 5) is 53.3. The van der Waals surface area contributed by atoms with Crippen LogP contribution < -0.4 is 26.2 Å². The summed E-state index contributed by atoms with van der Waals surface area (Å²) >= 11 is 0. The van der Waals surface area contributed by atoms with Gasteiger partial charge in [-0.05, 0) is 36.8 Å². The number of carbonyl (C=O) groups excluding carboxylic acids is 1. The Kier molecular flexibility index (Phi) is 8.21. The molecular formula is C26H35N6O7P. The van der Waals surface area contributed by atoms with Crippen molar-refractivity contribution in [3.05, 3.63) is 55.9 Å². The molecule has 2 aromatic heterocycles. The zero-order valence-electron chi connectivity index (χ0n) is 23.5. The van der Waals surface area contributed by atoms with E-state index in [1.165, 1.54) is 31.3 Å². The summed E-state index contributed by atoms with van der Waals surface area (Å²) in [6.45, 7) is 4.46. The summed E-state index contributed by atoms with van der Waals surface area (Å²) in [6, 6.07) is 1.14. The van der Waals surface area contributed by atoms with Crippen LogP contribution in [0.2, 0.25) is 0 Å². The molecule has 2 atom stereocenters. The molecule has 1 unspecified atom stereocenters. The predicted octanol–water partition coefficient (Wildman–Crippen LogP) is 3.07. The Balaban J connectivity index is 1.72. The number of nitrogens with one attached hydrogen (secondary N) is 2. The quantitative estimate of drug-likeness (QED) is 0.175. The van der Waals surface area contributed by atoms with Gasteiger partial charge in [-0.3, -0.25) is 28.2 Å². The molecule has 14 heteroatoms. The van der Waals surface area contributed by atoms with Crippen molar-refractivity contribution in [2.24, 2.45) is 12.5 Å². The number of nitrogens with zero attached hydrogens (tertiary/aromatic N) is 4. The van der Waals surface area contributed by atoms with Crippen LogP contribution in [0.4, 0.5) is 17.1 Å². The molecule has 4 rings (SSSR count). The van der Waals surface area contributed by atoms with Gasteiger partial charge in [-0.1, -0.05) is 19.8 Å². The number of hydrogen-bond acceptors (Lipinski definition) is 10. The van der Waals surface area contributed by atoms with Crippen LogP contribution in [0.15, 0.2) is 28.0 Å². The van der Waals surface area contributed by atoms with E-state index in [-0.39, 0.29) is 40.0 Å². The molecule has 1 saturated carbocycles. The number of ether oxygens (including phenoxy) is 1. The highest BCUT2D eigenvalue weighted by Gasteiger charge is 2.41. The lowest BCUT2D eigenvalue weighted by Gasteiger charge is -2.35. The monoisotopic (exact) mass is 574 g/mol. The molecule has 1 aliphatic carbocycles. The Bertz CT molecular complexity index is 1530. The summed E-state index contributed by atoms with van der Waals surface area (Å²) in [5.41, 5.74) is 0.342. The first-order valence-corrected chi connectivity index (χ1v) is 14.9. The molecule has 0 saturated heterocycles. The van der Waals surface area contributed by atoms with E-state index < -0.39 is 31.2 Å². The summed E-state index contributed by atoms with van der Waals surface area (Å²) in [5, 5.41) is 10.9. The van der Waals surface area contributed by atoms with E-state index >= 15 is 0 Å². The largest absolute Gasteiger partial charge is 0.462 e. The molecule has 40 heavy (non-hydrogen) atoms. The van der Waals surface area contributed by atoms with Crippen molar-refractivity contribution in [3.63, 3.8) is 0 Å². The number of carbonyl (C=O) groups is 1. The number of aryl methyl sites for hydroxylation is 2. The third kappa shape index (κ3) is 5.96. The second-order valence-electron chi connectivity index (χ2n) is 10.8.